The zero-order chi connectivity index (χ0) is 12.4. The standard InChI is InChI=1S/C12H15ClN2O2/c1-9-3-2-6-14(8-9)12-5-4-10(15(16)17)7-11(12)13/h4-5,7,9H,2-3,6,8H2,1H3/t9-/m0/s1. The van der Waals surface area contributed by atoms with E-state index in [4.69, 9.17) is 11.6 Å². The molecule has 0 radical (unpaired) electrons. The van der Waals surface area contributed by atoms with E-state index in [2.05, 4.69) is 11.8 Å². The summed E-state index contributed by atoms with van der Waals surface area (Å²) in [5.74, 6) is 0.648. The molecule has 4 nitrogen and oxygen atoms in total. The molecule has 0 spiro atoms. The van der Waals surface area contributed by atoms with E-state index in [0.29, 0.717) is 10.9 Å². The monoisotopic (exact) mass is 254 g/mol. The maximum Gasteiger partial charge on any atom is 0.271 e. The van der Waals surface area contributed by atoms with Crippen LogP contribution in [0.4, 0.5) is 11.4 Å². The molecule has 1 aliphatic heterocycles. The fraction of sp³-hybridized carbons (Fsp3) is 0.500. The Morgan fingerprint density at radius 2 is 2.29 bits per heavy atom. The van der Waals surface area contributed by atoms with Gasteiger partial charge < -0.3 is 4.90 Å². The molecule has 1 atom stereocenters. The van der Waals surface area contributed by atoms with E-state index in [0.717, 1.165) is 25.2 Å². The van der Waals surface area contributed by atoms with Gasteiger partial charge in [0.2, 0.25) is 0 Å². The van der Waals surface area contributed by atoms with E-state index >= 15 is 0 Å². The minimum absolute atomic E-state index is 0.0452. The molecule has 0 bridgehead atoms. The van der Waals surface area contributed by atoms with Crippen molar-refractivity contribution in [2.24, 2.45) is 5.92 Å². The Bertz CT molecular complexity index is 437. The first-order valence-corrected chi connectivity index (χ1v) is 6.14. The molecule has 1 aliphatic rings. The van der Waals surface area contributed by atoms with Gasteiger partial charge in [0, 0.05) is 25.2 Å². The Morgan fingerprint density at radius 3 is 2.88 bits per heavy atom. The highest BCUT2D eigenvalue weighted by Crippen LogP contribution is 2.32. The van der Waals surface area contributed by atoms with E-state index in [1.807, 2.05) is 0 Å². The van der Waals surface area contributed by atoms with E-state index in [1.54, 1.807) is 6.07 Å². The highest BCUT2D eigenvalue weighted by Gasteiger charge is 2.19. The lowest BCUT2D eigenvalue weighted by atomic mass is 10.00. The average Bonchev–Trinajstić information content (AvgIpc) is 2.28. The molecule has 1 saturated heterocycles. The number of non-ortho nitro benzene ring substituents is 1. The Kier molecular flexibility index (Phi) is 3.52. The molecular formula is C12H15ClN2O2. The number of nitrogens with zero attached hydrogens (tertiary/aromatic N) is 2. The molecule has 2 rings (SSSR count). The van der Waals surface area contributed by atoms with Crippen LogP contribution in [-0.2, 0) is 0 Å². The van der Waals surface area contributed by atoms with Crippen LogP contribution in [0.15, 0.2) is 18.2 Å². The van der Waals surface area contributed by atoms with Gasteiger partial charge in [-0.2, -0.15) is 0 Å². The lowest BCUT2D eigenvalue weighted by Crippen LogP contribution is -2.34. The number of halogens is 1. The first kappa shape index (κ1) is 12.2. The third-order valence-electron chi connectivity index (χ3n) is 3.14. The number of anilines is 1. The van der Waals surface area contributed by atoms with Crippen molar-refractivity contribution >= 4 is 23.0 Å². The van der Waals surface area contributed by atoms with Crippen LogP contribution in [0.1, 0.15) is 19.8 Å². The summed E-state index contributed by atoms with van der Waals surface area (Å²) in [6.07, 6.45) is 2.38. The molecule has 0 saturated carbocycles. The Hall–Kier alpha value is -1.29. The Labute approximate surface area is 105 Å². The highest BCUT2D eigenvalue weighted by molar-refractivity contribution is 6.33. The van der Waals surface area contributed by atoms with Gasteiger partial charge in [0.05, 0.1) is 15.6 Å². The molecule has 0 amide bonds. The lowest BCUT2D eigenvalue weighted by Gasteiger charge is -2.33. The largest absolute Gasteiger partial charge is 0.370 e. The summed E-state index contributed by atoms with van der Waals surface area (Å²) in [4.78, 5) is 12.4. The SMILES string of the molecule is C[C@H]1CCCN(c2ccc([N+](=O)[O-])cc2Cl)C1. The predicted molar refractivity (Wildman–Crippen MR) is 68.7 cm³/mol. The molecule has 17 heavy (non-hydrogen) atoms. The number of hydrogen-bond acceptors (Lipinski definition) is 3. The molecule has 1 heterocycles. The van der Waals surface area contributed by atoms with Gasteiger partial charge in [-0.3, -0.25) is 10.1 Å². The van der Waals surface area contributed by atoms with Gasteiger partial charge in [0.25, 0.3) is 5.69 Å². The van der Waals surface area contributed by atoms with Gasteiger partial charge in [-0.25, -0.2) is 0 Å². The Morgan fingerprint density at radius 1 is 1.53 bits per heavy atom. The van der Waals surface area contributed by atoms with Crippen molar-refractivity contribution in [3.63, 3.8) is 0 Å². The minimum atomic E-state index is -0.422. The zero-order valence-electron chi connectivity index (χ0n) is 9.73. The summed E-state index contributed by atoms with van der Waals surface area (Å²) in [7, 11) is 0. The summed E-state index contributed by atoms with van der Waals surface area (Å²) < 4.78 is 0. The van der Waals surface area contributed by atoms with Crippen molar-refractivity contribution in [2.45, 2.75) is 19.8 Å². The van der Waals surface area contributed by atoms with Crippen LogP contribution in [0, 0.1) is 16.0 Å². The molecule has 1 aromatic rings. The summed E-state index contributed by atoms with van der Waals surface area (Å²) in [6, 6.07) is 4.69. The number of nitro groups is 1. The van der Waals surface area contributed by atoms with E-state index in [9.17, 15) is 10.1 Å². The quantitative estimate of drug-likeness (QED) is 0.600. The van der Waals surface area contributed by atoms with Gasteiger partial charge in [-0.15, -0.1) is 0 Å². The highest BCUT2D eigenvalue weighted by atomic mass is 35.5. The second-order valence-electron chi connectivity index (χ2n) is 4.59. The van der Waals surface area contributed by atoms with Crippen molar-refractivity contribution in [2.75, 3.05) is 18.0 Å². The van der Waals surface area contributed by atoms with E-state index in [-0.39, 0.29) is 5.69 Å². The molecule has 0 unspecified atom stereocenters. The summed E-state index contributed by atoms with van der Waals surface area (Å²) in [6.45, 7) is 4.16. The maximum absolute atomic E-state index is 10.6. The topological polar surface area (TPSA) is 46.4 Å². The lowest BCUT2D eigenvalue weighted by molar-refractivity contribution is -0.384. The van der Waals surface area contributed by atoms with Crippen LogP contribution in [0.3, 0.4) is 0 Å². The third-order valence-corrected chi connectivity index (χ3v) is 3.44. The molecule has 0 N–H and O–H groups in total. The first-order chi connectivity index (χ1) is 8.08. The molecule has 1 aromatic carbocycles. The number of benzene rings is 1. The van der Waals surface area contributed by atoms with Gasteiger partial charge in [-0.1, -0.05) is 18.5 Å². The van der Waals surface area contributed by atoms with Crippen LogP contribution in [0.25, 0.3) is 0 Å². The average molecular weight is 255 g/mol. The smallest absolute Gasteiger partial charge is 0.271 e. The second kappa shape index (κ2) is 4.92. The van der Waals surface area contributed by atoms with E-state index in [1.165, 1.54) is 18.6 Å². The molecular weight excluding hydrogens is 240 g/mol. The second-order valence-corrected chi connectivity index (χ2v) is 4.99. The van der Waals surface area contributed by atoms with Crippen LogP contribution >= 0.6 is 11.6 Å². The fourth-order valence-corrected chi connectivity index (χ4v) is 2.57. The van der Waals surface area contributed by atoms with Crippen molar-refractivity contribution in [1.29, 1.82) is 0 Å². The van der Waals surface area contributed by atoms with Crippen molar-refractivity contribution in [3.05, 3.63) is 33.3 Å². The Balaban J connectivity index is 2.23. The number of nitro benzene ring substituents is 1. The minimum Gasteiger partial charge on any atom is -0.370 e. The summed E-state index contributed by atoms with van der Waals surface area (Å²) in [5, 5.41) is 11.1. The van der Waals surface area contributed by atoms with Gasteiger partial charge >= 0.3 is 0 Å². The van der Waals surface area contributed by atoms with E-state index < -0.39 is 4.92 Å². The van der Waals surface area contributed by atoms with Crippen LogP contribution in [0.5, 0.6) is 0 Å². The van der Waals surface area contributed by atoms with Crippen molar-refractivity contribution in [1.82, 2.24) is 0 Å². The van der Waals surface area contributed by atoms with Crippen molar-refractivity contribution in [3.8, 4) is 0 Å². The molecule has 0 aromatic heterocycles. The summed E-state index contributed by atoms with van der Waals surface area (Å²) >= 11 is 6.11. The van der Waals surface area contributed by atoms with Gasteiger partial charge in [0.1, 0.15) is 0 Å². The fourth-order valence-electron chi connectivity index (χ4n) is 2.27. The normalized spacial score (nSPS) is 20.4. The van der Waals surface area contributed by atoms with Crippen LogP contribution in [-0.4, -0.2) is 18.0 Å². The van der Waals surface area contributed by atoms with Crippen LogP contribution < -0.4 is 4.90 Å². The number of piperidine rings is 1. The molecule has 0 aliphatic carbocycles. The number of hydrogen-bond donors (Lipinski definition) is 0. The maximum atomic E-state index is 10.6. The first-order valence-electron chi connectivity index (χ1n) is 5.77. The van der Waals surface area contributed by atoms with Crippen molar-refractivity contribution < 1.29 is 4.92 Å². The third kappa shape index (κ3) is 2.69. The molecule has 5 heteroatoms. The van der Waals surface area contributed by atoms with Crippen LogP contribution in [0.2, 0.25) is 5.02 Å². The zero-order valence-corrected chi connectivity index (χ0v) is 10.5. The van der Waals surface area contributed by atoms with Gasteiger partial charge in [-0.05, 0) is 24.8 Å². The summed E-state index contributed by atoms with van der Waals surface area (Å²) in [5.41, 5.74) is 0.952. The molecule has 92 valence electrons. The van der Waals surface area contributed by atoms with Gasteiger partial charge in [0.15, 0.2) is 0 Å². The molecule has 1 fully saturated rings. The predicted octanol–water partition coefficient (Wildman–Crippen LogP) is 3.48. The number of rotatable bonds is 2.